The van der Waals surface area contributed by atoms with E-state index in [1.54, 1.807) is 7.11 Å². The molecule has 1 aliphatic rings. The van der Waals surface area contributed by atoms with E-state index in [0.29, 0.717) is 12.1 Å². The fourth-order valence-corrected chi connectivity index (χ4v) is 2.68. The van der Waals surface area contributed by atoms with E-state index in [4.69, 9.17) is 4.74 Å². The maximum atomic E-state index is 12.3. The number of anilines is 1. The van der Waals surface area contributed by atoms with Crippen molar-refractivity contribution in [3.8, 4) is 5.75 Å². The molecule has 1 aromatic rings. The van der Waals surface area contributed by atoms with Crippen LogP contribution in [-0.4, -0.2) is 30.1 Å². The molecule has 0 saturated carbocycles. The lowest BCUT2D eigenvalue weighted by Gasteiger charge is -2.38. The van der Waals surface area contributed by atoms with Gasteiger partial charge in [0.2, 0.25) is 0 Å². The van der Waals surface area contributed by atoms with Crippen molar-refractivity contribution in [1.82, 2.24) is 4.90 Å². The number of nitrogens with one attached hydrogen (secondary N) is 1. The highest BCUT2D eigenvalue weighted by Gasteiger charge is 2.28. The monoisotopic (exact) mass is 262 g/mol. The first kappa shape index (κ1) is 13.7. The van der Waals surface area contributed by atoms with E-state index in [1.807, 2.05) is 29.2 Å². The Morgan fingerprint density at radius 3 is 2.32 bits per heavy atom. The molecule has 2 atom stereocenters. The van der Waals surface area contributed by atoms with Crippen LogP contribution < -0.4 is 10.1 Å². The Bertz CT molecular complexity index is 420. The zero-order valence-electron chi connectivity index (χ0n) is 11.8. The predicted molar refractivity (Wildman–Crippen MR) is 76.6 cm³/mol. The van der Waals surface area contributed by atoms with Crippen LogP contribution in [0.3, 0.4) is 0 Å². The summed E-state index contributed by atoms with van der Waals surface area (Å²) in [5, 5.41) is 2.96. The largest absolute Gasteiger partial charge is 0.497 e. The van der Waals surface area contributed by atoms with Gasteiger partial charge in [-0.3, -0.25) is 0 Å². The van der Waals surface area contributed by atoms with Gasteiger partial charge in [-0.05, 0) is 57.4 Å². The minimum atomic E-state index is -0.00938. The van der Waals surface area contributed by atoms with Gasteiger partial charge in [-0.1, -0.05) is 0 Å². The Morgan fingerprint density at radius 1 is 1.21 bits per heavy atom. The molecule has 4 nitrogen and oxygen atoms in total. The highest BCUT2D eigenvalue weighted by molar-refractivity contribution is 5.89. The molecular formula is C15H22N2O2. The molecule has 0 bridgehead atoms. The topological polar surface area (TPSA) is 41.6 Å². The molecule has 0 radical (unpaired) electrons. The summed E-state index contributed by atoms with van der Waals surface area (Å²) in [6.45, 7) is 4.23. The zero-order chi connectivity index (χ0) is 13.8. The van der Waals surface area contributed by atoms with Gasteiger partial charge in [0.05, 0.1) is 7.11 Å². The zero-order valence-corrected chi connectivity index (χ0v) is 11.8. The third-order valence-corrected chi connectivity index (χ3v) is 3.77. The molecule has 2 rings (SSSR count). The van der Waals surface area contributed by atoms with Crippen molar-refractivity contribution in [3.05, 3.63) is 24.3 Å². The average Bonchev–Trinajstić information content (AvgIpc) is 2.39. The second-order valence-electron chi connectivity index (χ2n) is 5.19. The first-order valence-electron chi connectivity index (χ1n) is 6.85. The lowest BCUT2D eigenvalue weighted by molar-refractivity contribution is 0.133. The Kier molecular flexibility index (Phi) is 4.30. The van der Waals surface area contributed by atoms with Crippen molar-refractivity contribution >= 4 is 11.7 Å². The van der Waals surface area contributed by atoms with Crippen molar-refractivity contribution in [1.29, 1.82) is 0 Å². The standard InChI is InChI=1S/C15H22N2O2/c1-11-5-4-6-12(2)17(11)15(18)16-13-7-9-14(19-3)10-8-13/h7-12H,4-6H2,1-3H3,(H,16,18). The van der Waals surface area contributed by atoms with Crippen LogP contribution in [0.15, 0.2) is 24.3 Å². The van der Waals surface area contributed by atoms with Crippen LogP contribution in [0.1, 0.15) is 33.1 Å². The molecule has 4 heteroatoms. The van der Waals surface area contributed by atoms with Gasteiger partial charge in [-0.2, -0.15) is 0 Å². The minimum absolute atomic E-state index is 0.00938. The van der Waals surface area contributed by atoms with E-state index >= 15 is 0 Å². The summed E-state index contributed by atoms with van der Waals surface area (Å²) in [4.78, 5) is 14.3. The van der Waals surface area contributed by atoms with E-state index in [-0.39, 0.29) is 6.03 Å². The normalized spacial score (nSPS) is 23.0. The number of carbonyl (C=O) groups is 1. The molecule has 0 aliphatic carbocycles. The summed E-state index contributed by atoms with van der Waals surface area (Å²) >= 11 is 0. The molecule has 1 aliphatic heterocycles. The Hall–Kier alpha value is -1.71. The molecule has 0 spiro atoms. The van der Waals surface area contributed by atoms with Crippen molar-refractivity contribution < 1.29 is 9.53 Å². The smallest absolute Gasteiger partial charge is 0.322 e. The van der Waals surface area contributed by atoms with Gasteiger partial charge in [0.1, 0.15) is 5.75 Å². The van der Waals surface area contributed by atoms with Crippen molar-refractivity contribution in [2.75, 3.05) is 12.4 Å². The lowest BCUT2D eigenvalue weighted by Crippen LogP contribution is -2.49. The number of rotatable bonds is 2. The number of methoxy groups -OCH3 is 1. The maximum Gasteiger partial charge on any atom is 0.322 e. The van der Waals surface area contributed by atoms with Crippen LogP contribution in [0, 0.1) is 0 Å². The highest BCUT2D eigenvalue weighted by atomic mass is 16.5. The summed E-state index contributed by atoms with van der Waals surface area (Å²) in [7, 11) is 1.63. The number of benzene rings is 1. The molecule has 1 fully saturated rings. The average molecular weight is 262 g/mol. The number of hydrogen-bond donors (Lipinski definition) is 1. The molecule has 19 heavy (non-hydrogen) atoms. The van der Waals surface area contributed by atoms with Gasteiger partial charge >= 0.3 is 6.03 Å². The maximum absolute atomic E-state index is 12.3. The predicted octanol–water partition coefficient (Wildman–Crippen LogP) is 3.49. The number of piperidine rings is 1. The molecule has 0 aromatic heterocycles. The number of ether oxygens (including phenoxy) is 1. The Labute approximate surface area is 114 Å². The highest BCUT2D eigenvalue weighted by Crippen LogP contribution is 2.24. The summed E-state index contributed by atoms with van der Waals surface area (Å²) in [6, 6.07) is 8.01. The molecule has 2 unspecified atom stereocenters. The summed E-state index contributed by atoms with van der Waals surface area (Å²) in [5.41, 5.74) is 0.802. The van der Waals surface area contributed by atoms with Gasteiger partial charge in [-0.15, -0.1) is 0 Å². The van der Waals surface area contributed by atoms with Crippen LogP contribution >= 0.6 is 0 Å². The molecule has 104 valence electrons. The van der Waals surface area contributed by atoms with E-state index in [9.17, 15) is 4.79 Å². The van der Waals surface area contributed by atoms with Crippen LogP contribution in [0.25, 0.3) is 0 Å². The number of amides is 2. The van der Waals surface area contributed by atoms with Crippen LogP contribution in [-0.2, 0) is 0 Å². The van der Waals surface area contributed by atoms with Crippen LogP contribution in [0.2, 0.25) is 0 Å². The van der Waals surface area contributed by atoms with Crippen molar-refractivity contribution in [2.45, 2.75) is 45.2 Å². The van der Waals surface area contributed by atoms with Gasteiger partial charge in [0.25, 0.3) is 0 Å². The van der Waals surface area contributed by atoms with Crippen LogP contribution in [0.5, 0.6) is 5.75 Å². The van der Waals surface area contributed by atoms with Crippen molar-refractivity contribution in [3.63, 3.8) is 0 Å². The second-order valence-corrected chi connectivity index (χ2v) is 5.19. The van der Waals surface area contributed by atoms with Gasteiger partial charge in [-0.25, -0.2) is 4.79 Å². The first-order chi connectivity index (χ1) is 9.11. The van der Waals surface area contributed by atoms with E-state index in [2.05, 4.69) is 19.2 Å². The summed E-state index contributed by atoms with van der Waals surface area (Å²) < 4.78 is 5.10. The second kappa shape index (κ2) is 5.95. The van der Waals surface area contributed by atoms with E-state index in [0.717, 1.165) is 24.3 Å². The van der Waals surface area contributed by atoms with E-state index in [1.165, 1.54) is 6.42 Å². The molecule has 2 amide bonds. The molecular weight excluding hydrogens is 240 g/mol. The van der Waals surface area contributed by atoms with Gasteiger partial charge in [0.15, 0.2) is 0 Å². The molecule has 1 heterocycles. The quantitative estimate of drug-likeness (QED) is 0.886. The Balaban J connectivity index is 2.02. The number of urea groups is 1. The van der Waals surface area contributed by atoms with Gasteiger partial charge in [0, 0.05) is 17.8 Å². The number of hydrogen-bond acceptors (Lipinski definition) is 2. The SMILES string of the molecule is COc1ccc(NC(=O)N2C(C)CCCC2C)cc1. The van der Waals surface area contributed by atoms with Crippen molar-refractivity contribution in [2.24, 2.45) is 0 Å². The van der Waals surface area contributed by atoms with E-state index < -0.39 is 0 Å². The van der Waals surface area contributed by atoms with Crippen LogP contribution in [0.4, 0.5) is 10.5 Å². The number of likely N-dealkylation sites (tertiary alicyclic amines) is 1. The first-order valence-corrected chi connectivity index (χ1v) is 6.85. The molecule has 1 saturated heterocycles. The fraction of sp³-hybridized carbons (Fsp3) is 0.533. The molecule has 1 N–H and O–H groups in total. The third kappa shape index (κ3) is 3.19. The summed E-state index contributed by atoms with van der Waals surface area (Å²) in [6.07, 6.45) is 3.37. The number of carbonyl (C=O) groups excluding carboxylic acids is 1. The lowest BCUT2D eigenvalue weighted by atomic mass is 9.98. The Morgan fingerprint density at radius 2 is 1.79 bits per heavy atom. The van der Waals surface area contributed by atoms with Gasteiger partial charge < -0.3 is 15.0 Å². The molecule has 1 aromatic carbocycles. The fourth-order valence-electron chi connectivity index (χ4n) is 2.68. The number of nitrogens with zero attached hydrogens (tertiary/aromatic N) is 1. The minimum Gasteiger partial charge on any atom is -0.497 e. The summed E-state index contributed by atoms with van der Waals surface area (Å²) in [5.74, 6) is 0.790. The third-order valence-electron chi connectivity index (χ3n) is 3.77.